The zero-order valence-corrected chi connectivity index (χ0v) is 10.8. The monoisotopic (exact) mass is 267 g/mol. The van der Waals surface area contributed by atoms with Crippen molar-refractivity contribution in [2.24, 2.45) is 5.92 Å². The maximum Gasteiger partial charge on any atom is 0.389 e. The fourth-order valence-electron chi connectivity index (χ4n) is 1.82. The SMILES string of the molecule is COC(=O)C(C)(CCCC(F)(F)F)NCC1CC1. The number of nitrogens with one attached hydrogen (secondary N) is 1. The molecule has 6 heteroatoms. The Kier molecular flexibility index (Phi) is 5.01. The average molecular weight is 267 g/mol. The van der Waals surface area contributed by atoms with Gasteiger partial charge in [0.1, 0.15) is 5.54 Å². The van der Waals surface area contributed by atoms with Gasteiger partial charge < -0.3 is 10.1 Å². The van der Waals surface area contributed by atoms with Crippen LogP contribution in [0.5, 0.6) is 0 Å². The Labute approximate surface area is 105 Å². The van der Waals surface area contributed by atoms with Crippen molar-refractivity contribution >= 4 is 5.97 Å². The number of hydrogen-bond acceptors (Lipinski definition) is 3. The predicted octanol–water partition coefficient (Wildman–Crippen LogP) is 2.65. The summed E-state index contributed by atoms with van der Waals surface area (Å²) >= 11 is 0. The van der Waals surface area contributed by atoms with Crippen molar-refractivity contribution in [3.8, 4) is 0 Å². The maximum absolute atomic E-state index is 12.1. The van der Waals surface area contributed by atoms with Gasteiger partial charge in [-0.2, -0.15) is 13.2 Å². The van der Waals surface area contributed by atoms with Gasteiger partial charge in [-0.25, -0.2) is 0 Å². The van der Waals surface area contributed by atoms with E-state index in [0.29, 0.717) is 12.5 Å². The number of rotatable bonds is 7. The van der Waals surface area contributed by atoms with Crippen LogP contribution in [0.3, 0.4) is 0 Å². The van der Waals surface area contributed by atoms with Crippen LogP contribution < -0.4 is 5.32 Å². The molecule has 0 spiro atoms. The summed E-state index contributed by atoms with van der Waals surface area (Å²) in [4.78, 5) is 11.7. The van der Waals surface area contributed by atoms with Crippen LogP contribution in [0, 0.1) is 5.92 Å². The van der Waals surface area contributed by atoms with Crippen LogP contribution in [0.25, 0.3) is 0 Å². The van der Waals surface area contributed by atoms with Crippen molar-refractivity contribution in [2.45, 2.75) is 50.7 Å². The molecule has 18 heavy (non-hydrogen) atoms. The summed E-state index contributed by atoms with van der Waals surface area (Å²) in [5, 5.41) is 3.05. The third kappa shape index (κ3) is 5.25. The molecule has 0 amide bonds. The highest BCUT2D eigenvalue weighted by molar-refractivity contribution is 5.80. The summed E-state index contributed by atoms with van der Waals surface area (Å²) in [5.41, 5.74) is -1.01. The first-order valence-corrected chi connectivity index (χ1v) is 6.17. The van der Waals surface area contributed by atoms with E-state index in [1.54, 1.807) is 6.92 Å². The minimum atomic E-state index is -4.17. The van der Waals surface area contributed by atoms with Gasteiger partial charge in [0.15, 0.2) is 0 Å². The van der Waals surface area contributed by atoms with Crippen LogP contribution in [0.4, 0.5) is 13.2 Å². The number of hydrogen-bond donors (Lipinski definition) is 1. The van der Waals surface area contributed by atoms with Gasteiger partial charge in [0.05, 0.1) is 7.11 Å². The van der Waals surface area contributed by atoms with Gasteiger partial charge in [-0.1, -0.05) is 0 Å². The molecule has 1 unspecified atom stereocenters. The molecule has 1 saturated carbocycles. The Morgan fingerprint density at radius 2 is 1.94 bits per heavy atom. The van der Waals surface area contributed by atoms with Crippen LogP contribution in [0.15, 0.2) is 0 Å². The quantitative estimate of drug-likeness (QED) is 0.721. The van der Waals surface area contributed by atoms with E-state index in [-0.39, 0.29) is 12.8 Å². The second kappa shape index (κ2) is 5.91. The summed E-state index contributed by atoms with van der Waals surface area (Å²) in [5.74, 6) is 0.0573. The third-order valence-electron chi connectivity index (χ3n) is 3.25. The van der Waals surface area contributed by atoms with E-state index in [2.05, 4.69) is 10.1 Å². The molecule has 0 aliphatic heterocycles. The van der Waals surface area contributed by atoms with Crippen LogP contribution in [0.1, 0.15) is 39.0 Å². The molecule has 0 aromatic rings. The van der Waals surface area contributed by atoms with Gasteiger partial charge >= 0.3 is 12.1 Å². The van der Waals surface area contributed by atoms with E-state index in [1.807, 2.05) is 0 Å². The van der Waals surface area contributed by atoms with Gasteiger partial charge in [0, 0.05) is 6.42 Å². The van der Waals surface area contributed by atoms with Crippen LogP contribution in [-0.2, 0) is 9.53 Å². The Morgan fingerprint density at radius 3 is 2.39 bits per heavy atom. The molecule has 1 rings (SSSR count). The van der Waals surface area contributed by atoms with Crippen LogP contribution >= 0.6 is 0 Å². The number of alkyl halides is 3. The fraction of sp³-hybridized carbons (Fsp3) is 0.917. The molecule has 1 N–H and O–H groups in total. The lowest BCUT2D eigenvalue weighted by Crippen LogP contribution is -2.51. The lowest BCUT2D eigenvalue weighted by Gasteiger charge is -2.28. The minimum Gasteiger partial charge on any atom is -0.468 e. The second-order valence-electron chi connectivity index (χ2n) is 5.12. The van der Waals surface area contributed by atoms with Crippen molar-refractivity contribution in [1.29, 1.82) is 0 Å². The topological polar surface area (TPSA) is 38.3 Å². The van der Waals surface area contributed by atoms with Gasteiger partial charge in [0.25, 0.3) is 0 Å². The first-order valence-electron chi connectivity index (χ1n) is 6.17. The van der Waals surface area contributed by atoms with Gasteiger partial charge in [-0.3, -0.25) is 4.79 Å². The Morgan fingerprint density at radius 1 is 1.33 bits per heavy atom. The Hall–Kier alpha value is -0.780. The molecule has 0 aromatic heterocycles. The average Bonchev–Trinajstić information content (AvgIpc) is 3.07. The first kappa shape index (κ1) is 15.3. The molecule has 1 aliphatic rings. The molecule has 106 valence electrons. The normalized spacial score (nSPS) is 19.4. The number of esters is 1. The molecule has 0 bridgehead atoms. The number of methoxy groups -OCH3 is 1. The molecule has 0 heterocycles. The summed E-state index contributed by atoms with van der Waals surface area (Å²) in [6.45, 7) is 2.27. The third-order valence-corrected chi connectivity index (χ3v) is 3.25. The van der Waals surface area contributed by atoms with Gasteiger partial charge in [0.2, 0.25) is 0 Å². The second-order valence-corrected chi connectivity index (χ2v) is 5.12. The summed E-state index contributed by atoms with van der Waals surface area (Å²) in [7, 11) is 1.25. The highest BCUT2D eigenvalue weighted by atomic mass is 19.4. The van der Waals surface area contributed by atoms with Gasteiger partial charge in [-0.15, -0.1) is 0 Å². The largest absolute Gasteiger partial charge is 0.468 e. The number of carbonyl (C=O) groups excluding carboxylic acids is 1. The Balaban J connectivity index is 2.44. The van der Waals surface area contributed by atoms with Crippen LogP contribution in [0.2, 0.25) is 0 Å². The number of ether oxygens (including phenoxy) is 1. The van der Waals surface area contributed by atoms with E-state index >= 15 is 0 Å². The predicted molar refractivity (Wildman–Crippen MR) is 61.1 cm³/mol. The first-order chi connectivity index (χ1) is 8.27. The number of carbonyl (C=O) groups is 1. The number of halogens is 3. The summed E-state index contributed by atoms with van der Waals surface area (Å²) < 4.78 is 41.0. The van der Waals surface area contributed by atoms with Crippen LogP contribution in [-0.4, -0.2) is 31.3 Å². The smallest absolute Gasteiger partial charge is 0.389 e. The maximum atomic E-state index is 12.1. The molecule has 0 aromatic carbocycles. The molecule has 1 aliphatic carbocycles. The lowest BCUT2D eigenvalue weighted by molar-refractivity contribution is -0.150. The molecular weight excluding hydrogens is 247 g/mol. The highest BCUT2D eigenvalue weighted by Crippen LogP contribution is 2.30. The van der Waals surface area contributed by atoms with E-state index in [9.17, 15) is 18.0 Å². The fourth-order valence-corrected chi connectivity index (χ4v) is 1.82. The van der Waals surface area contributed by atoms with Crippen molar-refractivity contribution in [3.63, 3.8) is 0 Å². The zero-order chi connectivity index (χ0) is 13.8. The summed E-state index contributed by atoms with van der Waals surface area (Å²) in [6, 6.07) is 0. The van der Waals surface area contributed by atoms with E-state index in [4.69, 9.17) is 0 Å². The summed E-state index contributed by atoms with van der Waals surface area (Å²) in [6.07, 6.45) is -2.75. The van der Waals surface area contributed by atoms with E-state index in [0.717, 1.165) is 12.8 Å². The van der Waals surface area contributed by atoms with Crippen molar-refractivity contribution < 1.29 is 22.7 Å². The lowest BCUT2D eigenvalue weighted by atomic mass is 9.94. The van der Waals surface area contributed by atoms with Crippen molar-refractivity contribution in [3.05, 3.63) is 0 Å². The molecule has 0 saturated heterocycles. The minimum absolute atomic E-state index is 0.0766. The standard InChI is InChI=1S/C12H20F3NO2/c1-11(10(17)18-2,16-8-9-4-5-9)6-3-7-12(13,14)15/h9,16H,3-8H2,1-2H3. The highest BCUT2D eigenvalue weighted by Gasteiger charge is 2.37. The van der Waals surface area contributed by atoms with E-state index < -0.39 is 24.1 Å². The Bertz CT molecular complexity index is 290. The molecular formula is C12H20F3NO2. The van der Waals surface area contributed by atoms with Crippen molar-refractivity contribution in [2.75, 3.05) is 13.7 Å². The van der Waals surface area contributed by atoms with Gasteiger partial charge in [-0.05, 0) is 45.1 Å². The zero-order valence-electron chi connectivity index (χ0n) is 10.8. The molecule has 0 radical (unpaired) electrons. The molecule has 1 atom stereocenters. The van der Waals surface area contributed by atoms with E-state index in [1.165, 1.54) is 7.11 Å². The van der Waals surface area contributed by atoms with Crippen molar-refractivity contribution in [1.82, 2.24) is 5.32 Å². The molecule has 3 nitrogen and oxygen atoms in total. The molecule has 1 fully saturated rings.